The summed E-state index contributed by atoms with van der Waals surface area (Å²) in [6.07, 6.45) is 4.00. The molecule has 0 saturated carbocycles. The van der Waals surface area contributed by atoms with Crippen molar-refractivity contribution in [3.63, 3.8) is 0 Å². The number of thiophene rings is 1. The molecule has 0 bridgehead atoms. The number of benzene rings is 1. The molecule has 0 amide bonds. The first-order chi connectivity index (χ1) is 6.84. The van der Waals surface area contributed by atoms with Crippen molar-refractivity contribution in [1.82, 2.24) is 0 Å². The number of hydrogen-bond donors (Lipinski definition) is 0. The minimum Gasteiger partial charge on any atom is -0.207 e. The lowest BCUT2D eigenvalue weighted by atomic mass is 10.2. The first-order valence-corrected chi connectivity index (χ1v) is 5.20. The van der Waals surface area contributed by atoms with Gasteiger partial charge in [0.2, 0.25) is 0 Å². The Hall–Kier alpha value is -1.41. The highest BCUT2D eigenvalue weighted by molar-refractivity contribution is 7.10. The van der Waals surface area contributed by atoms with Crippen LogP contribution < -0.4 is 0 Å². The first-order valence-electron chi connectivity index (χ1n) is 4.32. The van der Waals surface area contributed by atoms with Gasteiger partial charge < -0.3 is 0 Å². The second kappa shape index (κ2) is 4.20. The second-order valence-electron chi connectivity index (χ2n) is 2.90. The average Bonchev–Trinajstić information content (AvgIpc) is 2.70. The lowest BCUT2D eigenvalue weighted by Gasteiger charge is -1.91. The van der Waals surface area contributed by atoms with Crippen molar-refractivity contribution < 1.29 is 4.39 Å². The minimum atomic E-state index is -0.196. The van der Waals surface area contributed by atoms with Crippen molar-refractivity contribution in [2.45, 2.75) is 0 Å². The zero-order chi connectivity index (χ0) is 9.80. The molecule has 0 unspecified atom stereocenters. The lowest BCUT2D eigenvalue weighted by Crippen LogP contribution is -1.73. The summed E-state index contributed by atoms with van der Waals surface area (Å²) in [6, 6.07) is 10.5. The third-order valence-corrected chi connectivity index (χ3v) is 2.69. The molecule has 0 atom stereocenters. The van der Waals surface area contributed by atoms with Gasteiger partial charge in [-0.2, -0.15) is 0 Å². The van der Waals surface area contributed by atoms with Crippen LogP contribution in [0, 0.1) is 5.82 Å². The third-order valence-electron chi connectivity index (χ3n) is 1.85. The van der Waals surface area contributed by atoms with E-state index >= 15 is 0 Å². The molecule has 0 aliphatic rings. The molecule has 2 rings (SSSR count). The van der Waals surface area contributed by atoms with Crippen molar-refractivity contribution in [3.05, 3.63) is 58.0 Å². The van der Waals surface area contributed by atoms with E-state index < -0.39 is 0 Å². The maximum atomic E-state index is 12.6. The van der Waals surface area contributed by atoms with Gasteiger partial charge >= 0.3 is 0 Å². The summed E-state index contributed by atoms with van der Waals surface area (Å²) in [5.74, 6) is -0.196. The summed E-state index contributed by atoms with van der Waals surface area (Å²) in [7, 11) is 0. The summed E-state index contributed by atoms with van der Waals surface area (Å²) >= 11 is 1.68. The average molecular weight is 204 g/mol. The minimum absolute atomic E-state index is 0.196. The Kier molecular flexibility index (Phi) is 2.75. The predicted octanol–water partition coefficient (Wildman–Crippen LogP) is 4.06. The van der Waals surface area contributed by atoms with E-state index in [0.29, 0.717) is 0 Å². The fourth-order valence-corrected chi connectivity index (χ4v) is 1.76. The highest BCUT2D eigenvalue weighted by Gasteiger charge is 1.89. The smallest absolute Gasteiger partial charge is 0.123 e. The molecule has 2 heteroatoms. The lowest BCUT2D eigenvalue weighted by molar-refractivity contribution is 0.628. The van der Waals surface area contributed by atoms with Crippen LogP contribution in [0.1, 0.15) is 10.4 Å². The standard InChI is InChI=1S/C12H9FS/c13-11-6-3-10(4-7-11)5-8-12-2-1-9-14-12/h1-9H/b8-5-. The predicted molar refractivity (Wildman–Crippen MR) is 59.6 cm³/mol. The number of halogens is 1. The molecule has 1 aromatic heterocycles. The molecule has 0 spiro atoms. The molecule has 0 aliphatic heterocycles. The van der Waals surface area contributed by atoms with Gasteiger partial charge in [-0.25, -0.2) is 4.39 Å². The first kappa shape index (κ1) is 9.16. The van der Waals surface area contributed by atoms with Crippen LogP contribution in [0.15, 0.2) is 41.8 Å². The summed E-state index contributed by atoms with van der Waals surface area (Å²) in [5, 5.41) is 2.03. The second-order valence-corrected chi connectivity index (χ2v) is 3.88. The fourth-order valence-electron chi connectivity index (χ4n) is 1.14. The maximum absolute atomic E-state index is 12.6. The Bertz CT molecular complexity index is 412. The van der Waals surface area contributed by atoms with Gasteiger partial charge in [0.15, 0.2) is 0 Å². The fraction of sp³-hybridized carbons (Fsp3) is 0. The Labute approximate surface area is 86.3 Å². The molecule has 1 heterocycles. The van der Waals surface area contributed by atoms with Gasteiger partial charge in [-0.3, -0.25) is 0 Å². The highest BCUT2D eigenvalue weighted by atomic mass is 32.1. The quantitative estimate of drug-likeness (QED) is 0.692. The highest BCUT2D eigenvalue weighted by Crippen LogP contribution is 2.13. The van der Waals surface area contributed by atoms with E-state index in [2.05, 4.69) is 0 Å². The maximum Gasteiger partial charge on any atom is 0.123 e. The number of hydrogen-bond acceptors (Lipinski definition) is 1. The van der Waals surface area contributed by atoms with Gasteiger partial charge in [-0.05, 0) is 35.2 Å². The van der Waals surface area contributed by atoms with E-state index in [1.54, 1.807) is 23.5 Å². The molecule has 70 valence electrons. The Morgan fingerprint density at radius 2 is 1.79 bits per heavy atom. The Morgan fingerprint density at radius 3 is 2.43 bits per heavy atom. The van der Waals surface area contributed by atoms with Crippen LogP contribution in [-0.4, -0.2) is 0 Å². The van der Waals surface area contributed by atoms with Crippen molar-refractivity contribution >= 4 is 23.5 Å². The molecule has 2 aromatic rings. The van der Waals surface area contributed by atoms with Crippen molar-refractivity contribution in [2.75, 3.05) is 0 Å². The third kappa shape index (κ3) is 2.30. The topological polar surface area (TPSA) is 0 Å². The van der Waals surface area contributed by atoms with Crippen LogP contribution >= 0.6 is 11.3 Å². The van der Waals surface area contributed by atoms with E-state index in [4.69, 9.17) is 0 Å². The van der Waals surface area contributed by atoms with E-state index in [9.17, 15) is 4.39 Å². The molecule has 14 heavy (non-hydrogen) atoms. The van der Waals surface area contributed by atoms with Crippen molar-refractivity contribution in [1.29, 1.82) is 0 Å². The van der Waals surface area contributed by atoms with E-state index in [0.717, 1.165) is 5.56 Å². The molecule has 0 nitrogen and oxygen atoms in total. The molecule has 0 aliphatic carbocycles. The van der Waals surface area contributed by atoms with Crippen LogP contribution in [0.3, 0.4) is 0 Å². The van der Waals surface area contributed by atoms with Gasteiger partial charge in [-0.15, -0.1) is 11.3 Å². The molecular formula is C12H9FS. The largest absolute Gasteiger partial charge is 0.207 e. The van der Waals surface area contributed by atoms with Gasteiger partial charge in [0.05, 0.1) is 0 Å². The van der Waals surface area contributed by atoms with Crippen LogP contribution in [0.25, 0.3) is 12.2 Å². The SMILES string of the molecule is Fc1ccc(/C=C\c2cccs2)cc1. The van der Waals surface area contributed by atoms with Gasteiger partial charge in [0.1, 0.15) is 5.82 Å². The number of rotatable bonds is 2. The molecule has 0 N–H and O–H groups in total. The molecule has 1 aromatic carbocycles. The summed E-state index contributed by atoms with van der Waals surface area (Å²) < 4.78 is 12.6. The molecule has 0 radical (unpaired) electrons. The van der Waals surface area contributed by atoms with Gasteiger partial charge in [-0.1, -0.05) is 24.3 Å². The molecular weight excluding hydrogens is 195 g/mol. The summed E-state index contributed by atoms with van der Waals surface area (Å²) in [6.45, 7) is 0. The normalized spacial score (nSPS) is 10.9. The molecule has 0 fully saturated rings. The molecule has 0 saturated heterocycles. The Morgan fingerprint density at radius 1 is 1.00 bits per heavy atom. The van der Waals surface area contributed by atoms with Crippen LogP contribution in [-0.2, 0) is 0 Å². The monoisotopic (exact) mass is 204 g/mol. The van der Waals surface area contributed by atoms with Crippen molar-refractivity contribution in [3.8, 4) is 0 Å². The van der Waals surface area contributed by atoms with Crippen molar-refractivity contribution in [2.24, 2.45) is 0 Å². The summed E-state index contributed by atoms with van der Waals surface area (Å²) in [5.41, 5.74) is 1.01. The summed E-state index contributed by atoms with van der Waals surface area (Å²) in [4.78, 5) is 1.20. The zero-order valence-electron chi connectivity index (χ0n) is 7.48. The Balaban J connectivity index is 2.15. The zero-order valence-corrected chi connectivity index (χ0v) is 8.30. The van der Waals surface area contributed by atoms with E-state index in [1.165, 1.54) is 17.0 Å². The van der Waals surface area contributed by atoms with Crippen LogP contribution in [0.5, 0.6) is 0 Å². The van der Waals surface area contributed by atoms with E-state index in [-0.39, 0.29) is 5.82 Å². The van der Waals surface area contributed by atoms with Crippen LogP contribution in [0.2, 0.25) is 0 Å². The van der Waals surface area contributed by atoms with E-state index in [1.807, 2.05) is 29.7 Å². The van der Waals surface area contributed by atoms with Gasteiger partial charge in [0.25, 0.3) is 0 Å². The van der Waals surface area contributed by atoms with Gasteiger partial charge in [0, 0.05) is 4.88 Å². The van der Waals surface area contributed by atoms with Crippen LogP contribution in [0.4, 0.5) is 4.39 Å².